The molecular formula is C14H22Br2N2. The van der Waals surface area contributed by atoms with Crippen LogP contribution in [-0.4, -0.2) is 38.6 Å². The molecule has 1 aromatic carbocycles. The maximum Gasteiger partial charge on any atom is 0.0511 e. The van der Waals surface area contributed by atoms with Crippen LogP contribution in [0.3, 0.4) is 0 Å². The molecule has 0 saturated heterocycles. The normalized spacial score (nSPS) is 11.0. The van der Waals surface area contributed by atoms with E-state index in [2.05, 4.69) is 80.9 Å². The first kappa shape index (κ1) is 16.0. The van der Waals surface area contributed by atoms with Crippen molar-refractivity contribution in [3.8, 4) is 0 Å². The molecule has 0 atom stereocenters. The van der Waals surface area contributed by atoms with Gasteiger partial charge in [0.2, 0.25) is 0 Å². The van der Waals surface area contributed by atoms with Crippen LogP contribution in [0.15, 0.2) is 22.7 Å². The topological polar surface area (TPSA) is 6.48 Å². The SMILES string of the molecule is CCCN(CCN(C)C)c1ccc(CBr)cc1Br. The number of halogens is 2. The molecule has 1 aromatic rings. The summed E-state index contributed by atoms with van der Waals surface area (Å²) < 4.78 is 1.19. The van der Waals surface area contributed by atoms with Crippen molar-refractivity contribution in [2.75, 3.05) is 38.6 Å². The molecule has 0 fully saturated rings. The Balaban J connectivity index is 2.84. The fourth-order valence-electron chi connectivity index (χ4n) is 1.83. The Morgan fingerprint density at radius 3 is 2.33 bits per heavy atom. The van der Waals surface area contributed by atoms with Crippen LogP contribution in [0.25, 0.3) is 0 Å². The van der Waals surface area contributed by atoms with Crippen LogP contribution in [-0.2, 0) is 5.33 Å². The van der Waals surface area contributed by atoms with E-state index in [4.69, 9.17) is 0 Å². The maximum atomic E-state index is 3.69. The van der Waals surface area contributed by atoms with Gasteiger partial charge < -0.3 is 9.80 Å². The molecule has 0 spiro atoms. The second kappa shape index (κ2) is 8.18. The van der Waals surface area contributed by atoms with Gasteiger partial charge in [-0.2, -0.15) is 0 Å². The van der Waals surface area contributed by atoms with Crippen LogP contribution >= 0.6 is 31.9 Å². The first-order chi connectivity index (χ1) is 8.58. The Kier molecular flexibility index (Phi) is 7.27. The monoisotopic (exact) mass is 376 g/mol. The van der Waals surface area contributed by atoms with E-state index >= 15 is 0 Å². The first-order valence-electron chi connectivity index (χ1n) is 6.32. The molecule has 0 aliphatic heterocycles. The van der Waals surface area contributed by atoms with Gasteiger partial charge in [-0.05, 0) is 54.1 Å². The maximum absolute atomic E-state index is 3.69. The van der Waals surface area contributed by atoms with Crippen LogP contribution in [0.1, 0.15) is 18.9 Å². The highest BCUT2D eigenvalue weighted by atomic mass is 79.9. The van der Waals surface area contributed by atoms with Crippen LogP contribution in [0.4, 0.5) is 5.69 Å². The van der Waals surface area contributed by atoms with Crippen molar-refractivity contribution in [3.63, 3.8) is 0 Å². The molecule has 0 amide bonds. The number of benzene rings is 1. The van der Waals surface area contributed by atoms with Gasteiger partial charge in [0.15, 0.2) is 0 Å². The van der Waals surface area contributed by atoms with Gasteiger partial charge in [-0.25, -0.2) is 0 Å². The number of rotatable bonds is 7. The van der Waals surface area contributed by atoms with Crippen molar-refractivity contribution < 1.29 is 0 Å². The summed E-state index contributed by atoms with van der Waals surface area (Å²) in [4.78, 5) is 4.67. The number of hydrogen-bond acceptors (Lipinski definition) is 2. The van der Waals surface area contributed by atoms with Crippen molar-refractivity contribution in [1.29, 1.82) is 0 Å². The van der Waals surface area contributed by atoms with E-state index < -0.39 is 0 Å². The van der Waals surface area contributed by atoms with Crippen LogP contribution in [0.2, 0.25) is 0 Å². The van der Waals surface area contributed by atoms with Crippen molar-refractivity contribution >= 4 is 37.5 Å². The summed E-state index contributed by atoms with van der Waals surface area (Å²) in [5.74, 6) is 0. The summed E-state index contributed by atoms with van der Waals surface area (Å²) in [5, 5.41) is 0.900. The third-order valence-electron chi connectivity index (χ3n) is 2.82. The molecule has 1 rings (SSSR count). The van der Waals surface area contributed by atoms with Crippen LogP contribution < -0.4 is 4.90 Å². The van der Waals surface area contributed by atoms with Gasteiger partial charge in [0.1, 0.15) is 0 Å². The van der Waals surface area contributed by atoms with Gasteiger partial charge in [0.25, 0.3) is 0 Å². The summed E-state index contributed by atoms with van der Waals surface area (Å²) in [6.45, 7) is 5.46. The van der Waals surface area contributed by atoms with Gasteiger partial charge in [0.05, 0.1) is 5.69 Å². The number of likely N-dealkylation sites (N-methyl/N-ethyl adjacent to an activating group) is 1. The van der Waals surface area contributed by atoms with Crippen molar-refractivity contribution in [2.24, 2.45) is 0 Å². The lowest BCUT2D eigenvalue weighted by atomic mass is 10.2. The molecule has 0 radical (unpaired) electrons. The van der Waals surface area contributed by atoms with E-state index in [0.717, 1.165) is 25.0 Å². The predicted molar refractivity (Wildman–Crippen MR) is 87.8 cm³/mol. The molecule has 0 heterocycles. The van der Waals surface area contributed by atoms with Crippen molar-refractivity contribution in [3.05, 3.63) is 28.2 Å². The molecule has 0 unspecified atom stereocenters. The molecule has 18 heavy (non-hydrogen) atoms. The van der Waals surface area contributed by atoms with E-state index in [-0.39, 0.29) is 0 Å². The van der Waals surface area contributed by atoms with Gasteiger partial charge in [-0.15, -0.1) is 0 Å². The highest BCUT2D eigenvalue weighted by molar-refractivity contribution is 9.10. The molecule has 0 bridgehead atoms. The molecule has 0 aliphatic rings. The van der Waals surface area contributed by atoms with E-state index in [1.54, 1.807) is 0 Å². The molecule has 0 N–H and O–H groups in total. The molecule has 2 nitrogen and oxygen atoms in total. The molecule has 0 saturated carbocycles. The summed E-state index contributed by atoms with van der Waals surface area (Å²) in [7, 11) is 4.24. The minimum absolute atomic E-state index is 0.900. The number of hydrogen-bond donors (Lipinski definition) is 0. The van der Waals surface area contributed by atoms with Gasteiger partial charge in [-0.3, -0.25) is 0 Å². The smallest absolute Gasteiger partial charge is 0.0511 e. The van der Waals surface area contributed by atoms with Gasteiger partial charge in [-0.1, -0.05) is 28.9 Å². The number of alkyl halides is 1. The van der Waals surface area contributed by atoms with Gasteiger partial charge >= 0.3 is 0 Å². The minimum Gasteiger partial charge on any atom is -0.369 e. The summed E-state index contributed by atoms with van der Waals surface area (Å²) >= 11 is 7.18. The molecule has 4 heteroatoms. The van der Waals surface area contributed by atoms with Crippen LogP contribution in [0.5, 0.6) is 0 Å². The molecule has 0 aromatic heterocycles. The summed E-state index contributed by atoms with van der Waals surface area (Å²) in [5.41, 5.74) is 2.60. The Morgan fingerprint density at radius 1 is 1.11 bits per heavy atom. The average molecular weight is 378 g/mol. The van der Waals surface area contributed by atoms with E-state index in [0.29, 0.717) is 0 Å². The van der Waals surface area contributed by atoms with Crippen molar-refractivity contribution in [2.45, 2.75) is 18.7 Å². The molecule has 102 valence electrons. The second-order valence-electron chi connectivity index (χ2n) is 4.71. The zero-order valence-corrected chi connectivity index (χ0v) is 14.6. The first-order valence-corrected chi connectivity index (χ1v) is 8.24. The Bertz CT molecular complexity index is 367. The number of anilines is 1. The Hall–Kier alpha value is -0.0600. The Labute approximate surface area is 128 Å². The summed E-state index contributed by atoms with van der Waals surface area (Å²) in [6, 6.07) is 6.60. The lowest BCUT2D eigenvalue weighted by Crippen LogP contribution is -2.32. The Morgan fingerprint density at radius 2 is 1.83 bits per heavy atom. The van der Waals surface area contributed by atoms with Gasteiger partial charge in [0, 0.05) is 29.4 Å². The fraction of sp³-hybridized carbons (Fsp3) is 0.571. The lowest BCUT2D eigenvalue weighted by molar-refractivity contribution is 0.413. The van der Waals surface area contributed by atoms with E-state index in [9.17, 15) is 0 Å². The lowest BCUT2D eigenvalue weighted by Gasteiger charge is -2.27. The molecule has 0 aliphatic carbocycles. The van der Waals surface area contributed by atoms with E-state index in [1.807, 2.05) is 0 Å². The van der Waals surface area contributed by atoms with Crippen molar-refractivity contribution in [1.82, 2.24) is 4.90 Å². The fourth-order valence-corrected chi connectivity index (χ4v) is 2.86. The number of nitrogens with zero attached hydrogens (tertiary/aromatic N) is 2. The van der Waals surface area contributed by atoms with E-state index in [1.165, 1.54) is 22.1 Å². The highest BCUT2D eigenvalue weighted by Gasteiger charge is 2.10. The highest BCUT2D eigenvalue weighted by Crippen LogP contribution is 2.28. The zero-order valence-electron chi connectivity index (χ0n) is 11.4. The standard InChI is InChI=1S/C14H22Br2N2/c1-4-7-18(9-8-17(2)3)14-6-5-12(11-15)10-13(14)16/h5-6,10H,4,7-9,11H2,1-3H3. The average Bonchev–Trinajstić information content (AvgIpc) is 2.34. The largest absolute Gasteiger partial charge is 0.369 e. The minimum atomic E-state index is 0.900. The third-order valence-corrected chi connectivity index (χ3v) is 4.10. The zero-order chi connectivity index (χ0) is 13.5. The third kappa shape index (κ3) is 4.90. The summed E-state index contributed by atoms with van der Waals surface area (Å²) in [6.07, 6.45) is 1.17. The molecular weight excluding hydrogens is 356 g/mol. The predicted octanol–water partition coefficient (Wildman–Crippen LogP) is 4.12. The second-order valence-corrected chi connectivity index (χ2v) is 6.12. The quantitative estimate of drug-likeness (QED) is 0.659. The van der Waals surface area contributed by atoms with Crippen LogP contribution in [0, 0.1) is 0 Å².